The smallest absolute Gasteiger partial charge is 0.242 e. The summed E-state index contributed by atoms with van der Waals surface area (Å²) in [6, 6.07) is 6.51. The van der Waals surface area contributed by atoms with E-state index in [1.807, 2.05) is 11.8 Å². The second-order valence-electron chi connectivity index (χ2n) is 4.68. The van der Waals surface area contributed by atoms with E-state index in [2.05, 4.69) is 15.4 Å². The van der Waals surface area contributed by atoms with Gasteiger partial charge in [-0.3, -0.25) is 4.79 Å². The van der Waals surface area contributed by atoms with Gasteiger partial charge in [-0.1, -0.05) is 12.1 Å². The van der Waals surface area contributed by atoms with Crippen molar-refractivity contribution in [3.63, 3.8) is 0 Å². The van der Waals surface area contributed by atoms with Gasteiger partial charge in [0.15, 0.2) is 0 Å². The molecule has 116 valence electrons. The van der Waals surface area contributed by atoms with Crippen LogP contribution in [0.2, 0.25) is 0 Å². The highest BCUT2D eigenvalue weighted by Crippen LogP contribution is 2.21. The molecule has 0 bridgehead atoms. The Morgan fingerprint density at radius 3 is 2.86 bits per heavy atom. The third kappa shape index (κ3) is 4.44. The normalized spacial score (nSPS) is 19.2. The first-order chi connectivity index (χ1) is 10.0. The maximum atomic E-state index is 12.1. The molecule has 1 atom stereocenters. The number of rotatable bonds is 5. The maximum Gasteiger partial charge on any atom is 0.242 e. The first kappa shape index (κ1) is 16.3. The molecule has 0 aromatic heterocycles. The molecule has 0 radical (unpaired) electrons. The largest absolute Gasteiger partial charge is 0.325 e. The van der Waals surface area contributed by atoms with Gasteiger partial charge < -0.3 is 10.6 Å². The summed E-state index contributed by atoms with van der Waals surface area (Å²) in [5, 5.41) is 5.97. The average Bonchev–Trinajstić information content (AvgIpc) is 2.48. The monoisotopic (exact) mass is 329 g/mol. The molecule has 1 heterocycles. The van der Waals surface area contributed by atoms with Crippen LogP contribution in [0.1, 0.15) is 6.42 Å². The van der Waals surface area contributed by atoms with Crippen LogP contribution in [0, 0.1) is 0 Å². The summed E-state index contributed by atoms with van der Waals surface area (Å²) in [5.74, 6) is 1.76. The maximum absolute atomic E-state index is 12.1. The number of anilines is 1. The minimum absolute atomic E-state index is 0.0758. The minimum atomic E-state index is -3.59. The Morgan fingerprint density at radius 2 is 2.19 bits per heavy atom. The lowest BCUT2D eigenvalue weighted by molar-refractivity contribution is -0.116. The highest BCUT2D eigenvalue weighted by molar-refractivity contribution is 7.99. The molecule has 0 saturated carbocycles. The lowest BCUT2D eigenvalue weighted by Gasteiger charge is -2.22. The molecule has 3 N–H and O–H groups in total. The summed E-state index contributed by atoms with van der Waals surface area (Å²) < 4.78 is 26.1. The Kier molecular flexibility index (Phi) is 5.63. The molecular formula is C13H19N3O3S2. The van der Waals surface area contributed by atoms with Crippen molar-refractivity contribution in [3.05, 3.63) is 24.3 Å². The number of carbonyl (C=O) groups is 1. The Bertz CT molecular complexity index is 598. The fourth-order valence-corrected chi connectivity index (χ4v) is 3.93. The molecule has 1 aliphatic rings. The van der Waals surface area contributed by atoms with Crippen molar-refractivity contribution in [1.29, 1.82) is 0 Å². The Labute approximate surface area is 129 Å². The van der Waals surface area contributed by atoms with Gasteiger partial charge in [0.1, 0.15) is 4.90 Å². The Hall–Kier alpha value is -1.09. The number of sulfonamides is 1. The van der Waals surface area contributed by atoms with Crippen LogP contribution in [0.3, 0.4) is 0 Å². The number of thioether (sulfide) groups is 1. The molecule has 8 heteroatoms. The first-order valence-corrected chi connectivity index (χ1v) is 9.30. The molecule has 0 spiro atoms. The Balaban J connectivity index is 2.07. The van der Waals surface area contributed by atoms with Crippen molar-refractivity contribution in [1.82, 2.24) is 10.0 Å². The van der Waals surface area contributed by atoms with Crippen LogP contribution in [0.5, 0.6) is 0 Å². The van der Waals surface area contributed by atoms with Gasteiger partial charge in [-0.15, -0.1) is 0 Å². The van der Waals surface area contributed by atoms with Gasteiger partial charge in [0.25, 0.3) is 0 Å². The number of nitrogens with one attached hydrogen (secondary N) is 3. The fourth-order valence-electron chi connectivity index (χ4n) is 2.09. The molecule has 1 fully saturated rings. The third-order valence-electron chi connectivity index (χ3n) is 3.15. The number of hydrogen-bond acceptors (Lipinski definition) is 5. The van der Waals surface area contributed by atoms with Gasteiger partial charge in [0.05, 0.1) is 5.69 Å². The number of para-hydroxylation sites is 1. The zero-order valence-electron chi connectivity index (χ0n) is 11.8. The van der Waals surface area contributed by atoms with E-state index in [4.69, 9.17) is 0 Å². The molecule has 1 aliphatic heterocycles. The van der Waals surface area contributed by atoms with Crippen LogP contribution < -0.4 is 15.4 Å². The van der Waals surface area contributed by atoms with Gasteiger partial charge in [-0.05, 0) is 19.2 Å². The van der Waals surface area contributed by atoms with Crippen LogP contribution in [0.25, 0.3) is 0 Å². The molecule has 2 rings (SSSR count). The zero-order valence-corrected chi connectivity index (χ0v) is 13.4. The fraction of sp³-hybridized carbons (Fsp3) is 0.462. The van der Waals surface area contributed by atoms with Crippen molar-refractivity contribution in [2.24, 2.45) is 0 Å². The molecule has 6 nitrogen and oxygen atoms in total. The van der Waals surface area contributed by atoms with E-state index >= 15 is 0 Å². The molecule has 1 unspecified atom stereocenters. The van der Waals surface area contributed by atoms with E-state index in [0.29, 0.717) is 12.1 Å². The summed E-state index contributed by atoms with van der Waals surface area (Å²) in [6.07, 6.45) is 0.334. The molecule has 21 heavy (non-hydrogen) atoms. The summed E-state index contributed by atoms with van der Waals surface area (Å²) >= 11 is 1.81. The lowest BCUT2D eigenvalue weighted by Crippen LogP contribution is -2.40. The van der Waals surface area contributed by atoms with E-state index < -0.39 is 10.0 Å². The van der Waals surface area contributed by atoms with Gasteiger partial charge in [-0.25, -0.2) is 13.1 Å². The van der Waals surface area contributed by atoms with Crippen LogP contribution >= 0.6 is 11.8 Å². The van der Waals surface area contributed by atoms with E-state index in [0.717, 1.165) is 18.1 Å². The van der Waals surface area contributed by atoms with Crippen LogP contribution in [0.4, 0.5) is 5.69 Å². The summed E-state index contributed by atoms with van der Waals surface area (Å²) in [5.41, 5.74) is 0.306. The van der Waals surface area contributed by atoms with E-state index in [9.17, 15) is 13.2 Å². The lowest BCUT2D eigenvalue weighted by atomic mass is 10.2. The molecule has 1 amide bonds. The topological polar surface area (TPSA) is 87.3 Å². The van der Waals surface area contributed by atoms with Crippen molar-refractivity contribution in [2.45, 2.75) is 17.4 Å². The van der Waals surface area contributed by atoms with Gasteiger partial charge in [-0.2, -0.15) is 11.8 Å². The van der Waals surface area contributed by atoms with Crippen molar-refractivity contribution in [3.8, 4) is 0 Å². The van der Waals surface area contributed by atoms with E-state index in [1.165, 1.54) is 13.1 Å². The third-order valence-corrected chi connectivity index (χ3v) is 5.75. The predicted octanol–water partition coefficient (Wildman–Crippen LogP) is 0.628. The highest BCUT2D eigenvalue weighted by atomic mass is 32.2. The van der Waals surface area contributed by atoms with Crippen molar-refractivity contribution in [2.75, 3.05) is 30.4 Å². The number of amides is 1. The number of carbonyl (C=O) groups excluding carboxylic acids is 1. The first-order valence-electron chi connectivity index (χ1n) is 6.66. The van der Waals surface area contributed by atoms with Crippen LogP contribution in [-0.2, 0) is 14.8 Å². The highest BCUT2D eigenvalue weighted by Gasteiger charge is 2.20. The molecule has 1 saturated heterocycles. The summed E-state index contributed by atoms with van der Waals surface area (Å²) in [6.45, 7) is 0.896. The second-order valence-corrected chi connectivity index (χ2v) is 7.69. The van der Waals surface area contributed by atoms with E-state index in [1.54, 1.807) is 18.2 Å². The summed E-state index contributed by atoms with van der Waals surface area (Å²) in [7, 11) is -2.25. The minimum Gasteiger partial charge on any atom is -0.325 e. The SMILES string of the molecule is CNS(=O)(=O)c1ccccc1NC(=O)CC1CSCCN1. The Morgan fingerprint density at radius 1 is 1.43 bits per heavy atom. The molecular weight excluding hydrogens is 310 g/mol. The van der Waals surface area contributed by atoms with Crippen LogP contribution in [0.15, 0.2) is 29.2 Å². The number of benzene rings is 1. The second kappa shape index (κ2) is 7.26. The molecule has 0 aliphatic carbocycles. The standard InChI is InChI=1S/C13H19N3O3S2/c1-14-21(18,19)12-5-3-2-4-11(12)16-13(17)8-10-9-20-7-6-15-10/h2-5,10,14-15H,6-9H2,1H3,(H,16,17). The summed E-state index contributed by atoms with van der Waals surface area (Å²) in [4.78, 5) is 12.1. The molecule has 1 aromatic rings. The van der Waals surface area contributed by atoms with Crippen molar-refractivity contribution >= 4 is 33.4 Å². The van der Waals surface area contributed by atoms with Crippen molar-refractivity contribution < 1.29 is 13.2 Å². The van der Waals surface area contributed by atoms with Gasteiger partial charge in [0.2, 0.25) is 15.9 Å². The van der Waals surface area contributed by atoms with Gasteiger partial charge >= 0.3 is 0 Å². The quantitative estimate of drug-likeness (QED) is 0.737. The average molecular weight is 329 g/mol. The molecule has 1 aromatic carbocycles. The van der Waals surface area contributed by atoms with E-state index in [-0.39, 0.29) is 16.8 Å². The predicted molar refractivity (Wildman–Crippen MR) is 85.0 cm³/mol. The zero-order chi connectivity index (χ0) is 15.3. The van der Waals surface area contributed by atoms with Crippen LogP contribution in [-0.4, -0.2) is 45.5 Å². The number of hydrogen-bond donors (Lipinski definition) is 3. The van der Waals surface area contributed by atoms with Gasteiger partial charge in [0, 0.05) is 30.5 Å².